The van der Waals surface area contributed by atoms with E-state index in [0.29, 0.717) is 143 Å². The first-order valence-electron chi connectivity index (χ1n) is 52.1. The lowest BCUT2D eigenvalue weighted by atomic mass is 9.73. The zero-order chi connectivity index (χ0) is 107. The SMILES string of the molecule is CC[C@H]1CCN(C(=O)[C@@H]2C[C@H](SC3=C(C(=O)O)N4C(=O)[C@H]([C@@H](C)CC(C)=O)[C@H]4[C@H]3C)CN2)C1.CNCC(=O)C[C@H](C)[C@H]1C(=O)N2C(C(=O)O)=C(S[C@@H]3CN[C@H](C(=O)N4CCN(CCN)CC4)C3)[C@H](C)[C@@H]12.C[C@@H](CC(=O)Cn1cnnn1)[C@H]1C(=O)N2C(C(=O)O)=C(S[C@@H]3CN[C@H](C(=O)N4CC[C@@H](CN)C4)C3)[C@H](C)[C@@H]12.C[C@@H](CC(=O)Cn1cnnn1)[C@H]1C(=O)N2C(C(=O)O)=C(S[C@@H]3CN[C@H](C(=O)N4CCn5c(cnc5N)C4)C3)[C@H](C)[C@H]12. The average molecular weight is 2150 g/mol. The zero-order valence-corrected chi connectivity index (χ0v) is 89.3. The number of nitrogen functional groups attached to an aromatic ring is 1. The van der Waals surface area contributed by atoms with Crippen LogP contribution in [-0.2, 0) is 103 Å². The first-order valence-corrected chi connectivity index (χ1v) is 55.7. The minimum absolute atomic E-state index is 0.00487. The van der Waals surface area contributed by atoms with Crippen LogP contribution in [0, 0.1) is 82.9 Å². The average Bonchev–Trinajstić information content (AvgIpc) is 1.56. The molecule has 11 saturated heterocycles. The fraction of sp³-hybridized carbons (Fsp3) is 0.704. The summed E-state index contributed by atoms with van der Waals surface area (Å²) in [5.41, 5.74) is 18.4. The number of likely N-dealkylation sites (N-methyl/N-ethyl adjacent to an activating group) is 1. The van der Waals surface area contributed by atoms with E-state index in [-0.39, 0.29) is 261 Å². The number of fused-ring (bicyclic) bond motifs is 5. The van der Waals surface area contributed by atoms with E-state index in [1.807, 2.05) is 74.7 Å². The molecule has 19 heterocycles. The number of carbonyl (C=O) groups is 16. The number of anilines is 1. The summed E-state index contributed by atoms with van der Waals surface area (Å²) in [5, 5.41) is 77.9. The Morgan fingerprint density at radius 2 is 0.805 bits per heavy atom. The number of carboxylic acids is 4. The van der Waals surface area contributed by atoms with Crippen molar-refractivity contribution in [3.8, 4) is 0 Å². The van der Waals surface area contributed by atoms with E-state index < -0.39 is 35.7 Å². The van der Waals surface area contributed by atoms with Gasteiger partial charge in [-0.2, -0.15) is 0 Å². The Labute approximate surface area is 880 Å². The topological polar surface area (TPSA) is 626 Å². The Morgan fingerprint density at radius 1 is 0.463 bits per heavy atom. The van der Waals surface area contributed by atoms with Gasteiger partial charge in [-0.25, -0.2) is 33.5 Å². The molecule has 0 spiro atoms. The number of nitrogens with zero attached hydrogens (tertiary/aromatic N) is 19. The quantitative estimate of drug-likeness (QED) is 0.0333. The Bertz CT molecular complexity index is 5760. The molecule has 16 aliphatic heterocycles. The van der Waals surface area contributed by atoms with E-state index in [9.17, 15) is 97.1 Å². The zero-order valence-electron chi connectivity index (χ0n) is 86.1. The fourth-order valence-corrected chi connectivity index (χ4v) is 31.3. The number of hydrogen-bond acceptors (Lipinski definition) is 36. The maximum atomic E-state index is 13.3. The van der Waals surface area contributed by atoms with Gasteiger partial charge in [-0.05, 0) is 115 Å². The van der Waals surface area contributed by atoms with Gasteiger partial charge in [0.2, 0.25) is 47.3 Å². The molecule has 0 aliphatic carbocycles. The van der Waals surface area contributed by atoms with E-state index in [4.69, 9.17) is 17.2 Å². The number of carboxylic acid groups (broad SMARTS) is 4. The van der Waals surface area contributed by atoms with E-state index in [1.54, 1.807) is 18.1 Å². The molecule has 3 aromatic rings. The molecule has 26 atom stereocenters. The van der Waals surface area contributed by atoms with Crippen LogP contribution in [0.4, 0.5) is 5.95 Å². The molecule has 812 valence electrons. The van der Waals surface area contributed by atoms with Gasteiger partial charge < -0.3 is 113 Å². The van der Waals surface area contributed by atoms with Crippen LogP contribution in [0.3, 0.4) is 0 Å². The van der Waals surface area contributed by atoms with Crippen molar-refractivity contribution in [1.29, 1.82) is 0 Å². The fourth-order valence-electron chi connectivity index (χ4n) is 25.4. The second-order valence-electron chi connectivity index (χ2n) is 43.0. The van der Waals surface area contributed by atoms with Gasteiger partial charge in [0, 0.05) is 195 Å². The maximum Gasteiger partial charge on any atom is 0.353 e. The molecule has 51 heteroatoms. The molecule has 0 radical (unpaired) electrons. The number of piperazine rings is 1. The number of hydrogen-bond donors (Lipinski definition) is 12. The third-order valence-electron chi connectivity index (χ3n) is 32.9. The number of amides is 8. The van der Waals surface area contributed by atoms with E-state index in [2.05, 4.69) is 74.4 Å². The lowest BCUT2D eigenvalue weighted by Gasteiger charge is -2.47. The highest BCUT2D eigenvalue weighted by atomic mass is 32.2. The number of rotatable bonds is 38. The number of β-lactam (4-membered cyclic amide) rings is 4. The minimum atomic E-state index is -1.14. The number of Topliss-reactive ketones (excluding diaryl/α,β-unsaturated/α-hetero) is 4. The smallest absolute Gasteiger partial charge is 0.353 e. The number of tetrazole rings is 2. The number of nitrogens with one attached hydrogen (secondary N) is 5. The van der Waals surface area contributed by atoms with Crippen LogP contribution in [0.1, 0.15) is 146 Å². The number of aromatic nitrogens is 10. The Kier molecular flexibility index (Phi) is 35.4. The van der Waals surface area contributed by atoms with Crippen LogP contribution in [0.2, 0.25) is 0 Å². The van der Waals surface area contributed by atoms with Crippen LogP contribution in [0.15, 0.2) is 61.3 Å². The third-order valence-corrected chi connectivity index (χ3v) is 38.9. The standard InChI is InChI=1S/C25H32N10O5S.C25H40N6O5S.C24H34N8O5S.C24H35N3O5S/c1-12(5-15(36)10-33-11-29-30-31-33)18-19-13(2)21(20(24(39)40)35(19)23(18)38)41-16-6-17(27-8-16)22(37)32-3-4-34-14(9-32)7-28-25(34)26;1-14(10-16(32)12-27-3)19-20-15(2)22(21(25(35)36)31(20)24(19)34)37-17-11-18(28-13-17)23(33)30-8-6-29(5-4-26)7-9-30;1-12(5-15(33)10-31-11-27-28-29-31)18-19-13(2)21(20(24(36)37)32(19)23(18)35)38-16-6-17(26-8-16)22(34)30-4-3-14(7-25)9-30;1-5-15-6-7-26(11-15)22(29)17-9-16(10-25-17)33-21-14(4)19-18(12(2)8-13(3)28)23(30)27(19)20(21)24(31)32/h7,11-13,16-19,27H,3-6,8-10H2,1-2H3,(H2,26,28)(H,39,40);14-15,17-20,27-28H,4-13,26H2,1-3H3,(H,35,36);11-14,16-19,26H,3-10,25H2,1-2H3,(H,36,37);12,14-19,25H,5-11H2,1-4H3,(H,31,32)/t12-,13+,16-,17-,18+,19+;14-,15+,17-,18-,19+,20-;12-,13+,14-,16-,17-,18+,19-;12-,14+,15-,16-,17-,18+,19+/m0000/s1. The Balaban J connectivity index is 0.000000142. The minimum Gasteiger partial charge on any atom is -0.477 e. The summed E-state index contributed by atoms with van der Waals surface area (Å²) in [6.07, 6.45) is 10.9. The van der Waals surface area contributed by atoms with Gasteiger partial charge in [-0.3, -0.25) is 57.6 Å². The predicted molar refractivity (Wildman–Crippen MR) is 546 cm³/mol. The lowest BCUT2D eigenvalue weighted by molar-refractivity contribution is -0.160. The van der Waals surface area contributed by atoms with Crippen LogP contribution in [0.25, 0.3) is 0 Å². The summed E-state index contributed by atoms with van der Waals surface area (Å²) in [4.78, 5) is 225. The highest BCUT2D eigenvalue weighted by molar-refractivity contribution is 8.04. The summed E-state index contributed by atoms with van der Waals surface area (Å²) in [6, 6.07) is -2.24. The van der Waals surface area contributed by atoms with Crippen molar-refractivity contribution in [2.45, 2.75) is 235 Å². The Morgan fingerprint density at radius 3 is 1.13 bits per heavy atom. The predicted octanol–water partition coefficient (Wildman–Crippen LogP) is -0.124. The van der Waals surface area contributed by atoms with Gasteiger partial charge in [-0.15, -0.1) is 57.2 Å². The third kappa shape index (κ3) is 23.0. The second-order valence-corrected chi connectivity index (χ2v) is 48.3. The molecule has 47 nitrogen and oxygen atoms in total. The van der Waals surface area contributed by atoms with Gasteiger partial charge in [0.05, 0.1) is 97.0 Å². The molecule has 8 amide bonds. The van der Waals surface area contributed by atoms with Crippen LogP contribution < -0.4 is 43.8 Å². The highest BCUT2D eigenvalue weighted by Crippen LogP contribution is 2.59. The van der Waals surface area contributed by atoms with Crippen molar-refractivity contribution < 1.29 is 97.1 Å². The van der Waals surface area contributed by atoms with Gasteiger partial charge in [0.1, 0.15) is 60.1 Å². The molecule has 19 rings (SSSR count). The van der Waals surface area contributed by atoms with Crippen molar-refractivity contribution in [2.75, 3.05) is 124 Å². The van der Waals surface area contributed by atoms with Gasteiger partial charge >= 0.3 is 23.9 Å². The van der Waals surface area contributed by atoms with Gasteiger partial charge in [-0.1, -0.05) is 68.7 Å². The van der Waals surface area contributed by atoms with Crippen LogP contribution >= 0.6 is 47.0 Å². The van der Waals surface area contributed by atoms with Crippen LogP contribution in [-0.4, -0.2) is 396 Å². The first kappa shape index (κ1) is 111. The molecule has 3 aromatic heterocycles. The van der Waals surface area contributed by atoms with Crippen molar-refractivity contribution in [3.63, 3.8) is 0 Å². The molecule has 0 saturated carbocycles. The monoisotopic (exact) mass is 2140 g/mol. The number of carbonyl (C=O) groups excluding carboxylic acids is 12. The lowest BCUT2D eigenvalue weighted by Crippen LogP contribution is -2.62. The summed E-state index contributed by atoms with van der Waals surface area (Å²) in [5.74, 6) is -6.71. The molecule has 0 aromatic carbocycles. The van der Waals surface area contributed by atoms with Crippen molar-refractivity contribution in [3.05, 3.63) is 67.0 Å². The summed E-state index contributed by atoms with van der Waals surface area (Å²) < 4.78 is 4.59. The number of imidazole rings is 1. The van der Waals surface area contributed by atoms with Crippen molar-refractivity contribution in [2.24, 2.45) is 94.3 Å². The molecule has 16 aliphatic rings. The molecule has 0 bridgehead atoms. The summed E-state index contributed by atoms with van der Waals surface area (Å²) in [7, 11) is 1.71. The van der Waals surface area contributed by atoms with E-state index in [1.165, 1.54) is 95.6 Å². The summed E-state index contributed by atoms with van der Waals surface area (Å²) >= 11 is 5.92. The Hall–Kier alpha value is -10.5. The number of nitrogens with two attached hydrogens (primary N) is 3. The van der Waals surface area contributed by atoms with Gasteiger partial charge in [0.15, 0.2) is 17.5 Å². The second kappa shape index (κ2) is 47.4. The first-order chi connectivity index (χ1) is 71.1. The van der Waals surface area contributed by atoms with E-state index in [0.717, 1.165) is 69.1 Å². The molecular weight excluding hydrogens is 2000 g/mol. The number of aliphatic carboxylic acids is 4. The highest BCUT2D eigenvalue weighted by Gasteiger charge is 2.65. The van der Waals surface area contributed by atoms with Crippen LogP contribution in [0.5, 0.6) is 0 Å². The van der Waals surface area contributed by atoms with Crippen molar-refractivity contribution >= 4 is 147 Å². The largest absolute Gasteiger partial charge is 0.477 e. The number of ketones is 4. The molecule has 11 fully saturated rings. The summed E-state index contributed by atoms with van der Waals surface area (Å²) in [6.45, 7) is 31.4. The number of thioether (sulfide) groups is 4. The van der Waals surface area contributed by atoms with Crippen molar-refractivity contribution in [1.82, 2.24) is 121 Å². The van der Waals surface area contributed by atoms with Gasteiger partial charge in [0.25, 0.3) is 0 Å². The molecule has 0 unspecified atom stereocenters. The molecule has 15 N–H and O–H groups in total. The normalized spacial score (nSPS) is 31.0. The number of likely N-dealkylation sites (tertiary alicyclic amines) is 2. The maximum absolute atomic E-state index is 13.3. The molecular formula is C98H141N27O20S4. The van der Waals surface area contributed by atoms with E-state index >= 15 is 0 Å². The molecule has 149 heavy (non-hydrogen) atoms.